The second-order valence-electron chi connectivity index (χ2n) is 4.85. The van der Waals surface area contributed by atoms with Gasteiger partial charge in [0.2, 0.25) is 0 Å². The van der Waals surface area contributed by atoms with Crippen LogP contribution in [0.15, 0.2) is 0 Å². The summed E-state index contributed by atoms with van der Waals surface area (Å²) in [5.74, 6) is 0.867. The van der Waals surface area contributed by atoms with Crippen molar-refractivity contribution >= 4 is 0 Å². The Bertz CT molecular complexity index is 90.2. The van der Waals surface area contributed by atoms with Gasteiger partial charge in [-0.05, 0) is 24.2 Å². The molecule has 11 heavy (non-hydrogen) atoms. The van der Waals surface area contributed by atoms with Gasteiger partial charge in [0, 0.05) is 0 Å². The van der Waals surface area contributed by atoms with Crippen molar-refractivity contribution in [3.8, 4) is 0 Å². The molecule has 0 heterocycles. The van der Waals surface area contributed by atoms with Crippen LogP contribution < -0.4 is 0 Å². The van der Waals surface area contributed by atoms with Crippen LogP contribution in [0.4, 0.5) is 0 Å². The van der Waals surface area contributed by atoms with Crippen molar-refractivity contribution in [3.63, 3.8) is 0 Å². The van der Waals surface area contributed by atoms with Gasteiger partial charge in [0.15, 0.2) is 0 Å². The van der Waals surface area contributed by atoms with Crippen LogP contribution in [-0.2, 0) is 0 Å². The highest BCUT2D eigenvalue weighted by Crippen LogP contribution is 2.29. The minimum absolute atomic E-state index is 0.582. The predicted molar refractivity (Wildman–Crippen MR) is 52.8 cm³/mol. The van der Waals surface area contributed by atoms with Crippen LogP contribution in [0.2, 0.25) is 0 Å². The van der Waals surface area contributed by atoms with Gasteiger partial charge in [-0.3, -0.25) is 0 Å². The summed E-state index contributed by atoms with van der Waals surface area (Å²) in [4.78, 5) is 0. The van der Waals surface area contributed by atoms with Crippen molar-refractivity contribution in [2.24, 2.45) is 11.3 Å². The number of rotatable bonds is 5. The molecule has 0 fully saturated rings. The summed E-state index contributed by atoms with van der Waals surface area (Å²) in [5, 5.41) is 0. The molecule has 0 spiro atoms. The van der Waals surface area contributed by atoms with E-state index in [1.54, 1.807) is 0 Å². The van der Waals surface area contributed by atoms with Gasteiger partial charge in [-0.15, -0.1) is 0 Å². The second-order valence-corrected chi connectivity index (χ2v) is 4.85. The molecule has 0 aromatic carbocycles. The monoisotopic (exact) mass is 156 g/mol. The van der Waals surface area contributed by atoms with E-state index in [0.717, 1.165) is 5.92 Å². The van der Waals surface area contributed by atoms with Crippen molar-refractivity contribution in [2.75, 3.05) is 0 Å². The van der Waals surface area contributed by atoms with E-state index in [2.05, 4.69) is 34.6 Å². The van der Waals surface area contributed by atoms with E-state index < -0.39 is 0 Å². The molecule has 0 aliphatic heterocycles. The first-order valence-electron chi connectivity index (χ1n) is 4.98. The van der Waals surface area contributed by atoms with Crippen LogP contribution in [0.3, 0.4) is 0 Å². The number of hydrogen-bond acceptors (Lipinski definition) is 0. The third-order valence-corrected chi connectivity index (χ3v) is 2.33. The Morgan fingerprint density at radius 3 is 2.00 bits per heavy atom. The zero-order chi connectivity index (χ0) is 8.91. The number of hydrogen-bond donors (Lipinski definition) is 0. The van der Waals surface area contributed by atoms with Gasteiger partial charge < -0.3 is 0 Å². The summed E-state index contributed by atoms with van der Waals surface area (Å²) < 4.78 is 0. The molecule has 0 aliphatic carbocycles. The fourth-order valence-electron chi connectivity index (χ4n) is 1.48. The molecule has 0 aromatic rings. The molecule has 0 N–H and O–H groups in total. The lowest BCUT2D eigenvalue weighted by molar-refractivity contribution is 0.279. The largest absolute Gasteiger partial charge is 0.0654 e. The molecule has 0 atom stereocenters. The average molecular weight is 156 g/mol. The van der Waals surface area contributed by atoms with Crippen molar-refractivity contribution in [1.29, 1.82) is 0 Å². The predicted octanol–water partition coefficient (Wildman–Crippen LogP) is 4.25. The Hall–Kier alpha value is 0. The van der Waals surface area contributed by atoms with Crippen LogP contribution in [-0.4, -0.2) is 0 Å². The fourth-order valence-corrected chi connectivity index (χ4v) is 1.48. The highest BCUT2D eigenvalue weighted by molar-refractivity contribution is 4.68. The van der Waals surface area contributed by atoms with Gasteiger partial charge in [-0.25, -0.2) is 0 Å². The summed E-state index contributed by atoms with van der Waals surface area (Å²) in [5.41, 5.74) is 0.582. The average Bonchev–Trinajstić information content (AvgIpc) is 1.84. The Kier molecular flexibility index (Phi) is 4.79. The van der Waals surface area contributed by atoms with Gasteiger partial charge in [0.25, 0.3) is 0 Å². The van der Waals surface area contributed by atoms with E-state index >= 15 is 0 Å². The maximum Gasteiger partial charge on any atom is -0.0354 e. The first-order valence-corrected chi connectivity index (χ1v) is 4.98. The Morgan fingerprint density at radius 2 is 1.64 bits per heavy atom. The summed E-state index contributed by atoms with van der Waals surface area (Å²) in [6, 6.07) is 0. The maximum atomic E-state index is 2.39. The summed E-state index contributed by atoms with van der Waals surface area (Å²) >= 11 is 0. The van der Waals surface area contributed by atoms with Gasteiger partial charge in [0.1, 0.15) is 0 Å². The van der Waals surface area contributed by atoms with E-state index in [4.69, 9.17) is 0 Å². The third kappa shape index (κ3) is 6.40. The van der Waals surface area contributed by atoms with Crippen LogP contribution in [0.1, 0.15) is 60.3 Å². The van der Waals surface area contributed by atoms with Crippen molar-refractivity contribution in [1.82, 2.24) is 0 Å². The van der Waals surface area contributed by atoms with Crippen molar-refractivity contribution in [3.05, 3.63) is 0 Å². The molecule has 0 radical (unpaired) electrons. The van der Waals surface area contributed by atoms with Gasteiger partial charge in [-0.1, -0.05) is 47.5 Å². The van der Waals surface area contributed by atoms with Crippen molar-refractivity contribution < 1.29 is 0 Å². The molecule has 0 rings (SSSR count). The molecule has 0 saturated carbocycles. The van der Waals surface area contributed by atoms with Crippen molar-refractivity contribution in [2.45, 2.75) is 60.3 Å². The van der Waals surface area contributed by atoms with E-state index in [1.165, 1.54) is 25.7 Å². The summed E-state index contributed by atoms with van der Waals surface area (Å²) in [7, 11) is 0. The molecular weight excluding hydrogens is 132 g/mol. The van der Waals surface area contributed by atoms with Crippen LogP contribution >= 0.6 is 0 Å². The lowest BCUT2D eigenvalue weighted by Gasteiger charge is -2.24. The van der Waals surface area contributed by atoms with Gasteiger partial charge in [-0.2, -0.15) is 0 Å². The quantitative estimate of drug-likeness (QED) is 0.558. The van der Waals surface area contributed by atoms with Crippen LogP contribution in [0.25, 0.3) is 0 Å². The topological polar surface area (TPSA) is 0 Å². The zero-order valence-electron chi connectivity index (χ0n) is 8.91. The normalized spacial score (nSPS) is 12.5. The molecule has 0 aromatic heterocycles. The highest BCUT2D eigenvalue weighted by atomic mass is 14.2. The SMILES string of the molecule is CCCC(C)(C)CCC(C)C. The summed E-state index contributed by atoms with van der Waals surface area (Å²) in [6.45, 7) is 11.7. The Labute approximate surface area is 72.4 Å². The van der Waals surface area contributed by atoms with Gasteiger partial charge >= 0.3 is 0 Å². The Balaban J connectivity index is 3.54. The molecule has 0 heteroatoms. The van der Waals surface area contributed by atoms with Crippen LogP contribution in [0.5, 0.6) is 0 Å². The minimum Gasteiger partial charge on any atom is -0.0654 e. The first kappa shape index (κ1) is 11.0. The minimum atomic E-state index is 0.582. The molecule has 0 nitrogen and oxygen atoms in total. The maximum absolute atomic E-state index is 2.39. The third-order valence-electron chi connectivity index (χ3n) is 2.33. The molecular formula is C11H24. The second kappa shape index (κ2) is 4.79. The van der Waals surface area contributed by atoms with E-state index in [0.29, 0.717) is 5.41 Å². The van der Waals surface area contributed by atoms with E-state index in [9.17, 15) is 0 Å². The molecule has 68 valence electrons. The van der Waals surface area contributed by atoms with E-state index in [1.807, 2.05) is 0 Å². The fraction of sp³-hybridized carbons (Fsp3) is 1.00. The lowest BCUT2D eigenvalue weighted by atomic mass is 9.82. The highest BCUT2D eigenvalue weighted by Gasteiger charge is 2.16. The first-order chi connectivity index (χ1) is 4.98. The molecule has 0 bridgehead atoms. The zero-order valence-corrected chi connectivity index (χ0v) is 8.91. The standard InChI is InChI=1S/C11H24/c1-6-8-11(4,5)9-7-10(2)3/h10H,6-9H2,1-5H3. The van der Waals surface area contributed by atoms with Gasteiger partial charge in [0.05, 0.1) is 0 Å². The van der Waals surface area contributed by atoms with Crippen LogP contribution in [0, 0.1) is 11.3 Å². The molecule has 0 aliphatic rings. The molecule has 0 unspecified atom stereocenters. The Morgan fingerprint density at radius 1 is 1.09 bits per heavy atom. The summed E-state index contributed by atoms with van der Waals surface area (Å²) in [6.07, 6.45) is 5.47. The lowest BCUT2D eigenvalue weighted by Crippen LogP contribution is -2.11. The van der Waals surface area contributed by atoms with E-state index in [-0.39, 0.29) is 0 Å². The molecule has 0 amide bonds. The smallest absolute Gasteiger partial charge is 0.0354 e. The molecule has 0 saturated heterocycles.